The molecule has 24 heteroatoms. The van der Waals surface area contributed by atoms with Crippen LogP contribution in [0.3, 0.4) is 0 Å². The fourth-order valence-corrected chi connectivity index (χ4v) is 14.2. The molecule has 0 aliphatic rings. The number of carbonyl (C=O) groups is 1. The molecule has 0 saturated heterocycles. The fourth-order valence-electron chi connectivity index (χ4n) is 14.1. The van der Waals surface area contributed by atoms with E-state index in [1.807, 2.05) is 291 Å². The van der Waals surface area contributed by atoms with Crippen LogP contribution in [0.5, 0.6) is 34.5 Å². The molecule has 0 atom stereocenters. The number of benzene rings is 12. The molecule has 9 N–H and O–H groups in total. The van der Waals surface area contributed by atoms with E-state index < -0.39 is 0 Å². The predicted molar refractivity (Wildman–Crippen MR) is 523 cm³/mol. The maximum atomic E-state index is 12.4. The summed E-state index contributed by atoms with van der Waals surface area (Å²) in [6.45, 7) is 2.91. The highest BCUT2D eigenvalue weighted by molar-refractivity contribution is 6.30. The van der Waals surface area contributed by atoms with Crippen molar-refractivity contribution in [1.29, 1.82) is 0 Å². The summed E-state index contributed by atoms with van der Waals surface area (Å²) in [6.07, 6.45) is 5.33. The lowest BCUT2D eigenvalue weighted by Gasteiger charge is -2.11. The normalized spacial score (nSPS) is 10.5. The van der Waals surface area contributed by atoms with Crippen LogP contribution in [0.4, 0.5) is 22.9 Å². The lowest BCUT2D eigenvalue weighted by Crippen LogP contribution is -2.11. The summed E-state index contributed by atoms with van der Waals surface area (Å²) in [7, 11) is 8.33. The van der Waals surface area contributed by atoms with Gasteiger partial charge < -0.3 is 49.7 Å². The Bertz CT molecular complexity index is 6790. The average Bonchev–Trinajstić information content (AvgIpc) is 1.17. The van der Waals surface area contributed by atoms with Crippen molar-refractivity contribution in [2.24, 2.45) is 0 Å². The number of nitrogens with one attached hydrogen (secondary N) is 9. The minimum Gasteiger partial charge on any atom is -0.496 e. The molecule has 0 unspecified atom stereocenters. The summed E-state index contributed by atoms with van der Waals surface area (Å²) < 4.78 is 33.1. The second kappa shape index (κ2) is 45.3. The van der Waals surface area contributed by atoms with E-state index in [1.54, 1.807) is 72.3 Å². The van der Waals surface area contributed by atoms with Crippen molar-refractivity contribution in [3.63, 3.8) is 0 Å². The van der Waals surface area contributed by atoms with Crippen molar-refractivity contribution in [2.75, 3.05) is 70.0 Å². The van der Waals surface area contributed by atoms with Crippen molar-refractivity contribution in [3.05, 3.63) is 404 Å². The highest BCUT2D eigenvalue weighted by Crippen LogP contribution is 2.40. The van der Waals surface area contributed by atoms with E-state index in [1.165, 1.54) is 11.1 Å². The number of nitrogens with zero attached hydrogens (tertiary/aromatic N) is 7. The van der Waals surface area contributed by atoms with Gasteiger partial charge >= 0.3 is 0 Å². The standard InChI is InChI=1S/C23H19N3O2.2C23H21N3O.C20H14ClN3O.C18H20N4O2/c1-28-22-13-12-18(24-23(27)17-10-6-3-7-11-17)14-19(22)21-15-20(25-26-21)16-8-4-2-5-9-16;1-27-23-13-12-19(24-16-17-8-4-2-5-9-17)14-20(23)22-15-21(25-26-22)18-10-6-3-7-11-18;1-27-23-14-19(24-16-17-8-4-2-5-9-17)12-13-20(23)22-15-21(25-26-22)18-10-6-3-7-11-18;21-15-6-3-7-16(11-15)25-20-9-2-1-8-17(20)19-12-18(23-24-19)14-5-4-10-22-13-14;1-23-10-9-19-18-8-7-13(12-20-18)15-11-16(22-21-15)14-5-3-4-6-17(14)24-2/h2-15H,1H3,(H,24,27)(H,25,26);2*2-15,24H,16H2,1H3,(H,25,26);1-13H,(H,23,24);3-8,11-12H,9-10H2,1-2H3,(H,19,20)(H,21,22). The topological polar surface area (TPSA) is 290 Å². The second-order valence-electron chi connectivity index (χ2n) is 29.5. The molecule has 0 aliphatic carbocycles. The van der Waals surface area contributed by atoms with Crippen LogP contribution in [-0.4, -0.2) is 116 Å². The first kappa shape index (κ1) is 89.0. The number of H-pyrrole nitrogens is 5. The van der Waals surface area contributed by atoms with Gasteiger partial charge in [0, 0.05) is 135 Å². The van der Waals surface area contributed by atoms with Crippen molar-refractivity contribution in [3.8, 4) is 147 Å². The van der Waals surface area contributed by atoms with Crippen LogP contribution in [0.2, 0.25) is 5.02 Å². The number of hydrogen-bond donors (Lipinski definition) is 9. The Morgan fingerprint density at radius 1 is 0.328 bits per heavy atom. The Labute approximate surface area is 764 Å². The van der Waals surface area contributed by atoms with Crippen LogP contribution in [-0.2, 0) is 17.8 Å². The Morgan fingerprint density at radius 2 is 0.733 bits per heavy atom. The average molecular weight is 1750 g/mol. The van der Waals surface area contributed by atoms with Crippen LogP contribution >= 0.6 is 11.6 Å². The number of rotatable bonds is 28. The number of carbonyl (C=O) groups excluding carboxylic acids is 1. The van der Waals surface area contributed by atoms with Crippen molar-refractivity contribution in [2.45, 2.75) is 13.1 Å². The van der Waals surface area contributed by atoms with Gasteiger partial charge in [0.05, 0.1) is 92.0 Å². The number of ether oxygens (including phenoxy) is 6. The van der Waals surface area contributed by atoms with E-state index in [2.05, 4.69) is 137 Å². The molecular formula is C107H95ClN16O7. The molecule has 7 aromatic heterocycles. The molecule has 7 heterocycles. The van der Waals surface area contributed by atoms with Crippen LogP contribution in [0.25, 0.3) is 113 Å². The molecule has 19 rings (SSSR count). The zero-order valence-electron chi connectivity index (χ0n) is 72.6. The second-order valence-corrected chi connectivity index (χ2v) is 30.0. The molecule has 0 bridgehead atoms. The first-order valence-electron chi connectivity index (χ1n) is 42.2. The fraction of sp³-hybridized carbons (Fsp3) is 0.0841. The number of para-hydroxylation sites is 2. The van der Waals surface area contributed by atoms with Gasteiger partial charge in [-0.15, -0.1) is 0 Å². The predicted octanol–water partition coefficient (Wildman–Crippen LogP) is 24.5. The van der Waals surface area contributed by atoms with E-state index in [4.69, 9.17) is 40.0 Å². The lowest BCUT2D eigenvalue weighted by molar-refractivity contribution is 0.102. The summed E-state index contributed by atoms with van der Waals surface area (Å²) in [4.78, 5) is 21.0. The van der Waals surface area contributed by atoms with Gasteiger partial charge in [-0.05, 0) is 169 Å². The van der Waals surface area contributed by atoms with Gasteiger partial charge in [-0.1, -0.05) is 212 Å². The molecule has 23 nitrogen and oxygen atoms in total. The smallest absolute Gasteiger partial charge is 0.255 e. The number of amides is 1. The number of hydrogen-bond acceptors (Lipinski definition) is 17. The van der Waals surface area contributed by atoms with Crippen LogP contribution in [0, 0.1) is 0 Å². The summed E-state index contributed by atoms with van der Waals surface area (Å²) >= 11 is 6.04. The monoisotopic (exact) mass is 1750 g/mol. The molecule has 0 spiro atoms. The molecule has 12 aromatic carbocycles. The van der Waals surface area contributed by atoms with Gasteiger partial charge in [-0.25, -0.2) is 4.98 Å². The first-order chi connectivity index (χ1) is 64.5. The molecule has 1 amide bonds. The number of aromatic nitrogens is 12. The molecule has 131 heavy (non-hydrogen) atoms. The number of pyridine rings is 2. The summed E-state index contributed by atoms with van der Waals surface area (Å²) in [5.74, 6) is 5.19. The minimum atomic E-state index is -0.161. The Morgan fingerprint density at radius 3 is 1.21 bits per heavy atom. The van der Waals surface area contributed by atoms with E-state index in [9.17, 15) is 4.79 Å². The number of methoxy groups -OCH3 is 5. The Balaban J connectivity index is 0.000000126. The molecule has 652 valence electrons. The highest BCUT2D eigenvalue weighted by Gasteiger charge is 2.19. The molecule has 0 radical (unpaired) electrons. The number of halogens is 1. The minimum absolute atomic E-state index is 0.161. The van der Waals surface area contributed by atoms with Crippen molar-refractivity contribution >= 4 is 40.4 Å². The van der Waals surface area contributed by atoms with Gasteiger partial charge in [0.2, 0.25) is 0 Å². The molecule has 0 aliphatic heterocycles. The molecule has 19 aromatic rings. The van der Waals surface area contributed by atoms with Gasteiger partial charge in [0.1, 0.15) is 40.3 Å². The summed E-state index contributed by atoms with van der Waals surface area (Å²) in [6, 6.07) is 119. The maximum Gasteiger partial charge on any atom is 0.255 e. The maximum absolute atomic E-state index is 12.4. The molecular weight excluding hydrogens is 1660 g/mol. The quantitative estimate of drug-likeness (QED) is 0.0206. The molecule has 0 saturated carbocycles. The van der Waals surface area contributed by atoms with Crippen molar-refractivity contribution in [1.82, 2.24) is 61.0 Å². The van der Waals surface area contributed by atoms with Gasteiger partial charge in [0.25, 0.3) is 5.91 Å². The van der Waals surface area contributed by atoms with E-state index in [-0.39, 0.29) is 5.91 Å². The van der Waals surface area contributed by atoms with Gasteiger partial charge in [-0.3, -0.25) is 35.3 Å². The largest absolute Gasteiger partial charge is 0.496 e. The lowest BCUT2D eigenvalue weighted by atomic mass is 10.1. The van der Waals surface area contributed by atoms with E-state index in [0.717, 1.165) is 172 Å². The SMILES string of the molecule is COCCNc1ccc(-c2cc(-c3ccccc3OC)[nH]n2)cn1.COc1cc(NCc2ccccc2)ccc1-c1cc(-c2ccccc2)n[nH]1.COc1ccc(NC(=O)c2ccccc2)cc1-c1cc(-c2ccccc2)n[nH]1.COc1ccc(NCc2ccccc2)cc1-c1cc(-c2ccccc2)n[nH]1.Clc1cccc(Oc2ccccc2-c2cc(-c3cccnc3)n[nH]2)c1. The third-order valence-electron chi connectivity index (χ3n) is 20.8. The third-order valence-corrected chi connectivity index (χ3v) is 21.0. The van der Waals surface area contributed by atoms with Crippen LogP contribution in [0.1, 0.15) is 21.5 Å². The van der Waals surface area contributed by atoms with Crippen LogP contribution < -0.4 is 45.0 Å². The van der Waals surface area contributed by atoms with E-state index in [0.29, 0.717) is 34.4 Å². The summed E-state index contributed by atoms with van der Waals surface area (Å²) in [5, 5.41) is 51.2. The van der Waals surface area contributed by atoms with Gasteiger partial charge in [-0.2, -0.15) is 25.5 Å². The zero-order valence-corrected chi connectivity index (χ0v) is 73.3. The highest BCUT2D eigenvalue weighted by atomic mass is 35.5. The number of aromatic amines is 5. The van der Waals surface area contributed by atoms with Crippen molar-refractivity contribution < 1.29 is 33.2 Å². The number of anilines is 4. The Kier molecular flexibility index (Phi) is 30.8. The zero-order chi connectivity index (χ0) is 90.1. The van der Waals surface area contributed by atoms with Crippen LogP contribution in [0.15, 0.2) is 383 Å². The van der Waals surface area contributed by atoms with E-state index >= 15 is 0 Å². The molecule has 0 fully saturated rings. The first-order valence-corrected chi connectivity index (χ1v) is 42.6. The summed E-state index contributed by atoms with van der Waals surface area (Å²) in [5.41, 5.74) is 24.4. The third kappa shape index (κ3) is 24.2. The van der Waals surface area contributed by atoms with Gasteiger partial charge in [0.15, 0.2) is 0 Å². The Hall–Kier alpha value is -16.9.